The van der Waals surface area contributed by atoms with Crippen LogP contribution in [0.4, 0.5) is 0 Å². The van der Waals surface area contributed by atoms with Crippen LogP contribution in [0.15, 0.2) is 58.8 Å². The highest BCUT2D eigenvalue weighted by Crippen LogP contribution is 2.17. The molecule has 1 heterocycles. The summed E-state index contributed by atoms with van der Waals surface area (Å²) in [5.41, 5.74) is 7.06. The van der Waals surface area contributed by atoms with E-state index in [9.17, 15) is 0 Å². The van der Waals surface area contributed by atoms with Crippen molar-refractivity contribution in [3.05, 3.63) is 53.8 Å². The molecule has 1 aliphatic rings. The normalized spacial score (nSPS) is 21.1. The minimum absolute atomic E-state index is 0.512. The predicted molar refractivity (Wildman–Crippen MR) is 90.3 cm³/mol. The van der Waals surface area contributed by atoms with E-state index in [0.717, 1.165) is 13.0 Å². The Hall–Kier alpha value is -1.59. The average Bonchev–Trinajstić information content (AvgIpc) is 2.51. The molecule has 0 fully saturated rings. The van der Waals surface area contributed by atoms with Crippen molar-refractivity contribution in [2.24, 2.45) is 10.9 Å². The molecule has 0 aromatic carbocycles. The van der Waals surface area contributed by atoms with Crippen molar-refractivity contribution >= 4 is 5.71 Å². The van der Waals surface area contributed by atoms with Crippen LogP contribution >= 0.6 is 0 Å². The Labute approximate surface area is 124 Å². The fourth-order valence-corrected chi connectivity index (χ4v) is 2.49. The number of hydrogen-bond donors (Lipinski definition) is 0. The van der Waals surface area contributed by atoms with E-state index in [-0.39, 0.29) is 0 Å². The van der Waals surface area contributed by atoms with Crippen molar-refractivity contribution in [2.45, 2.75) is 46.5 Å². The summed E-state index contributed by atoms with van der Waals surface area (Å²) in [4.78, 5) is 4.76. The lowest BCUT2D eigenvalue weighted by atomic mass is 9.94. The lowest BCUT2D eigenvalue weighted by Gasteiger charge is -2.13. The van der Waals surface area contributed by atoms with Crippen LogP contribution in [0.3, 0.4) is 0 Å². The van der Waals surface area contributed by atoms with Gasteiger partial charge in [-0.25, -0.2) is 0 Å². The van der Waals surface area contributed by atoms with E-state index in [1.54, 1.807) is 0 Å². The molecule has 0 radical (unpaired) electrons. The molecule has 0 saturated heterocycles. The third-order valence-corrected chi connectivity index (χ3v) is 3.47. The summed E-state index contributed by atoms with van der Waals surface area (Å²) in [5.74, 6) is 0.512. The fourth-order valence-electron chi connectivity index (χ4n) is 2.49. The van der Waals surface area contributed by atoms with E-state index in [1.807, 2.05) is 13.0 Å². The highest BCUT2D eigenvalue weighted by molar-refractivity contribution is 6.01. The van der Waals surface area contributed by atoms with Crippen LogP contribution in [0.5, 0.6) is 0 Å². The largest absolute Gasteiger partial charge is 0.284 e. The number of rotatable bonds is 4. The first-order chi connectivity index (χ1) is 9.69. The second-order valence-corrected chi connectivity index (χ2v) is 5.30. The fraction of sp³-hybridized carbons (Fsp3) is 0.474. The van der Waals surface area contributed by atoms with E-state index in [1.165, 1.54) is 36.1 Å². The monoisotopic (exact) mass is 269 g/mol. The van der Waals surface area contributed by atoms with E-state index in [4.69, 9.17) is 4.99 Å². The van der Waals surface area contributed by atoms with Crippen molar-refractivity contribution in [3.63, 3.8) is 0 Å². The van der Waals surface area contributed by atoms with Gasteiger partial charge in [-0.05, 0) is 51.0 Å². The quantitative estimate of drug-likeness (QED) is 0.367. The number of hydrogen-bond acceptors (Lipinski definition) is 1. The van der Waals surface area contributed by atoms with Gasteiger partial charge in [-0.2, -0.15) is 0 Å². The van der Waals surface area contributed by atoms with Crippen LogP contribution in [-0.4, -0.2) is 12.3 Å². The predicted octanol–water partition coefficient (Wildman–Crippen LogP) is 5.43. The maximum absolute atomic E-state index is 4.76. The molecule has 0 spiro atoms. The zero-order valence-electron chi connectivity index (χ0n) is 13.2. The van der Waals surface area contributed by atoms with E-state index in [2.05, 4.69) is 50.5 Å². The number of aliphatic imine (C=N–C) groups is 1. The Kier molecular flexibility index (Phi) is 7.69. The van der Waals surface area contributed by atoms with Crippen LogP contribution in [0.25, 0.3) is 0 Å². The van der Waals surface area contributed by atoms with Gasteiger partial charge in [-0.15, -0.1) is 12.3 Å². The van der Waals surface area contributed by atoms with Gasteiger partial charge in [0.25, 0.3) is 0 Å². The molecule has 1 unspecified atom stereocenters. The second kappa shape index (κ2) is 9.34. The topological polar surface area (TPSA) is 12.4 Å². The lowest BCUT2D eigenvalue weighted by Crippen LogP contribution is -2.12. The molecule has 0 bridgehead atoms. The molecule has 1 rings (SSSR count). The zero-order chi connectivity index (χ0) is 14.8. The van der Waals surface area contributed by atoms with Gasteiger partial charge in [-0.3, -0.25) is 4.99 Å². The van der Waals surface area contributed by atoms with Gasteiger partial charge in [0.05, 0.1) is 6.54 Å². The van der Waals surface area contributed by atoms with Gasteiger partial charge < -0.3 is 0 Å². The Bertz CT molecular complexity index is 468. The molecule has 1 nitrogen and oxygen atoms in total. The first-order valence-corrected chi connectivity index (χ1v) is 7.58. The van der Waals surface area contributed by atoms with Crippen LogP contribution in [0.2, 0.25) is 0 Å². The molecule has 0 N–H and O–H groups in total. The summed E-state index contributed by atoms with van der Waals surface area (Å²) in [6, 6.07) is 0. The zero-order valence-corrected chi connectivity index (χ0v) is 13.2. The van der Waals surface area contributed by atoms with Crippen LogP contribution in [0.1, 0.15) is 46.5 Å². The van der Waals surface area contributed by atoms with Gasteiger partial charge in [0.2, 0.25) is 0 Å². The molecule has 0 aromatic rings. The van der Waals surface area contributed by atoms with Gasteiger partial charge in [-0.1, -0.05) is 37.3 Å². The molecule has 0 amide bonds. The molecule has 1 heteroatoms. The van der Waals surface area contributed by atoms with Crippen molar-refractivity contribution in [1.29, 1.82) is 0 Å². The third kappa shape index (κ3) is 5.59. The summed E-state index contributed by atoms with van der Waals surface area (Å²) < 4.78 is 0. The SMILES string of the molecule is C=CCC(=C=C(C)C1=NC/C=C\CCCC1C)/C=C\C. The molecule has 0 aromatic heterocycles. The molecule has 108 valence electrons. The summed E-state index contributed by atoms with van der Waals surface area (Å²) in [7, 11) is 0. The minimum atomic E-state index is 0.512. The summed E-state index contributed by atoms with van der Waals surface area (Å²) in [6.45, 7) is 11.0. The summed E-state index contributed by atoms with van der Waals surface area (Å²) in [5, 5.41) is 0. The van der Waals surface area contributed by atoms with Crippen molar-refractivity contribution < 1.29 is 0 Å². The maximum atomic E-state index is 4.76. The summed E-state index contributed by atoms with van der Waals surface area (Å²) in [6.07, 6.45) is 15.0. The Morgan fingerprint density at radius 2 is 2.30 bits per heavy atom. The molecule has 1 atom stereocenters. The highest BCUT2D eigenvalue weighted by Gasteiger charge is 2.12. The smallest absolute Gasteiger partial charge is 0.0574 e. The maximum Gasteiger partial charge on any atom is 0.0574 e. The van der Waals surface area contributed by atoms with Gasteiger partial charge >= 0.3 is 0 Å². The van der Waals surface area contributed by atoms with Crippen LogP contribution in [-0.2, 0) is 0 Å². The highest BCUT2D eigenvalue weighted by atomic mass is 14.7. The lowest BCUT2D eigenvalue weighted by molar-refractivity contribution is 0.641. The molecule has 20 heavy (non-hydrogen) atoms. The molecule has 0 aliphatic carbocycles. The summed E-state index contributed by atoms with van der Waals surface area (Å²) >= 11 is 0. The van der Waals surface area contributed by atoms with Crippen molar-refractivity contribution in [2.75, 3.05) is 6.54 Å². The van der Waals surface area contributed by atoms with Gasteiger partial charge in [0, 0.05) is 11.3 Å². The third-order valence-electron chi connectivity index (χ3n) is 3.47. The number of allylic oxidation sites excluding steroid dienone is 5. The first-order valence-electron chi connectivity index (χ1n) is 7.58. The number of nitrogens with zero attached hydrogens (tertiary/aromatic N) is 1. The van der Waals surface area contributed by atoms with Crippen LogP contribution in [0, 0.1) is 5.92 Å². The van der Waals surface area contributed by atoms with E-state index >= 15 is 0 Å². The van der Waals surface area contributed by atoms with Crippen molar-refractivity contribution in [3.8, 4) is 0 Å². The van der Waals surface area contributed by atoms with E-state index in [0.29, 0.717) is 5.92 Å². The molecular weight excluding hydrogens is 242 g/mol. The Morgan fingerprint density at radius 1 is 1.50 bits per heavy atom. The molecular formula is C19H27N. The average molecular weight is 269 g/mol. The Balaban J connectivity index is 3.11. The Morgan fingerprint density at radius 3 is 3.00 bits per heavy atom. The van der Waals surface area contributed by atoms with Crippen molar-refractivity contribution in [1.82, 2.24) is 0 Å². The minimum Gasteiger partial charge on any atom is -0.284 e. The van der Waals surface area contributed by atoms with Gasteiger partial charge in [0.1, 0.15) is 0 Å². The molecule has 1 aliphatic heterocycles. The first kappa shape index (κ1) is 16.5. The van der Waals surface area contributed by atoms with Crippen LogP contribution < -0.4 is 0 Å². The standard InChI is InChI=1S/C19H27N/c1-5-11-18(12-6-2)15-17(4)19-16(3)13-9-7-8-10-14-20-19/h5-6,8,10,12,16H,1,7,9,11,13-14H2,2-4H3/b10-8-,12-6-,20-19?. The second-order valence-electron chi connectivity index (χ2n) is 5.30. The molecule has 0 saturated carbocycles. The van der Waals surface area contributed by atoms with E-state index < -0.39 is 0 Å². The van der Waals surface area contributed by atoms with Gasteiger partial charge in [0.15, 0.2) is 0 Å².